The summed E-state index contributed by atoms with van der Waals surface area (Å²) in [7, 11) is 0. The lowest BCUT2D eigenvalue weighted by molar-refractivity contribution is -0.0697. The first-order valence-corrected chi connectivity index (χ1v) is 9.58. The fraction of sp³-hybridized carbons (Fsp3) is 0.381. The average Bonchev–Trinajstić information content (AvgIpc) is 2.68. The zero-order chi connectivity index (χ0) is 19.5. The number of amides is 1. The summed E-state index contributed by atoms with van der Waals surface area (Å²) in [5.41, 5.74) is 4.01. The van der Waals surface area contributed by atoms with Crippen LogP contribution < -0.4 is 16.2 Å². The van der Waals surface area contributed by atoms with E-state index in [-0.39, 0.29) is 17.4 Å². The van der Waals surface area contributed by atoms with E-state index in [2.05, 4.69) is 21.9 Å². The van der Waals surface area contributed by atoms with Crippen molar-refractivity contribution in [3.05, 3.63) is 65.5 Å². The molecule has 2 aliphatic rings. The van der Waals surface area contributed by atoms with Crippen LogP contribution in [0.3, 0.4) is 0 Å². The molecule has 2 heterocycles. The van der Waals surface area contributed by atoms with E-state index in [1.807, 2.05) is 23.6 Å². The molecule has 1 atom stereocenters. The van der Waals surface area contributed by atoms with Crippen molar-refractivity contribution in [1.82, 2.24) is 10.3 Å². The lowest BCUT2D eigenvalue weighted by atomic mass is 9.98. The number of nitrogens with two attached hydrogens (primary N) is 1. The maximum absolute atomic E-state index is 14.7. The molecular weight excluding hydrogens is 359 g/mol. The van der Waals surface area contributed by atoms with E-state index in [0.29, 0.717) is 18.0 Å². The Balaban J connectivity index is 1.56. The Labute approximate surface area is 164 Å². The average molecular weight is 384 g/mol. The van der Waals surface area contributed by atoms with Gasteiger partial charge in [-0.1, -0.05) is 24.3 Å². The molecule has 2 aliphatic heterocycles. The number of para-hydroxylation sites is 1. The Hall–Kier alpha value is -2.48. The number of hydrogen-bond acceptors (Lipinski definition) is 5. The Kier molecular flexibility index (Phi) is 5.57. The van der Waals surface area contributed by atoms with Crippen LogP contribution in [0, 0.1) is 5.82 Å². The minimum Gasteiger partial charge on any atom is -0.378 e. The van der Waals surface area contributed by atoms with Gasteiger partial charge < -0.3 is 9.64 Å². The van der Waals surface area contributed by atoms with Gasteiger partial charge in [-0.3, -0.25) is 15.1 Å². The summed E-state index contributed by atoms with van der Waals surface area (Å²) in [6.07, 6.45) is 0.565. The monoisotopic (exact) mass is 384 g/mol. The van der Waals surface area contributed by atoms with E-state index in [1.54, 1.807) is 12.1 Å². The highest BCUT2D eigenvalue weighted by Gasteiger charge is 2.34. The van der Waals surface area contributed by atoms with E-state index >= 15 is 0 Å². The number of anilines is 1. The molecule has 2 aromatic rings. The van der Waals surface area contributed by atoms with E-state index in [0.717, 1.165) is 38.5 Å². The van der Waals surface area contributed by atoms with Gasteiger partial charge in [0.1, 0.15) is 5.82 Å². The maximum Gasteiger partial charge on any atom is 0.265 e. The molecule has 7 heteroatoms. The van der Waals surface area contributed by atoms with Gasteiger partial charge in [-0.15, -0.1) is 0 Å². The van der Waals surface area contributed by atoms with Crippen LogP contribution >= 0.6 is 0 Å². The van der Waals surface area contributed by atoms with Gasteiger partial charge in [0, 0.05) is 36.9 Å². The third kappa shape index (κ3) is 3.87. The summed E-state index contributed by atoms with van der Waals surface area (Å²) in [5, 5.41) is 0. The van der Waals surface area contributed by atoms with Crippen LogP contribution in [0.1, 0.15) is 15.9 Å². The SMILES string of the molecule is NNC(=O)c1ccc(CC2CN(C3COC3)CCN2c2ccccc2)c(F)c1. The number of halogens is 1. The molecule has 2 aromatic carbocycles. The van der Waals surface area contributed by atoms with Gasteiger partial charge in [0.15, 0.2) is 0 Å². The normalized spacial score (nSPS) is 20.6. The number of benzene rings is 2. The molecule has 1 amide bonds. The largest absolute Gasteiger partial charge is 0.378 e. The Morgan fingerprint density at radius 2 is 1.96 bits per heavy atom. The minimum absolute atomic E-state index is 0.139. The molecule has 0 aromatic heterocycles. The second kappa shape index (κ2) is 8.26. The first-order valence-electron chi connectivity index (χ1n) is 9.58. The van der Waals surface area contributed by atoms with Crippen molar-refractivity contribution in [2.24, 2.45) is 5.84 Å². The van der Waals surface area contributed by atoms with Gasteiger partial charge >= 0.3 is 0 Å². The van der Waals surface area contributed by atoms with Crippen molar-refractivity contribution in [2.45, 2.75) is 18.5 Å². The van der Waals surface area contributed by atoms with Gasteiger partial charge in [-0.05, 0) is 36.2 Å². The molecule has 0 bridgehead atoms. The van der Waals surface area contributed by atoms with Gasteiger partial charge in [-0.2, -0.15) is 0 Å². The molecule has 148 valence electrons. The zero-order valence-corrected chi connectivity index (χ0v) is 15.7. The van der Waals surface area contributed by atoms with Crippen molar-refractivity contribution >= 4 is 11.6 Å². The number of nitrogens with one attached hydrogen (secondary N) is 1. The predicted octanol–water partition coefficient (Wildman–Crippen LogP) is 1.56. The molecule has 0 aliphatic carbocycles. The van der Waals surface area contributed by atoms with Crippen LogP contribution in [0.15, 0.2) is 48.5 Å². The highest BCUT2D eigenvalue weighted by molar-refractivity contribution is 5.93. The number of carbonyl (C=O) groups is 1. The first kappa shape index (κ1) is 18.9. The molecule has 4 rings (SSSR count). The number of hydrazine groups is 1. The molecule has 3 N–H and O–H groups in total. The van der Waals surface area contributed by atoms with E-state index in [9.17, 15) is 9.18 Å². The summed E-state index contributed by atoms with van der Waals surface area (Å²) in [5.74, 6) is 4.27. The third-order valence-corrected chi connectivity index (χ3v) is 5.64. The van der Waals surface area contributed by atoms with Crippen molar-refractivity contribution < 1.29 is 13.9 Å². The highest BCUT2D eigenvalue weighted by atomic mass is 19.1. The number of rotatable bonds is 5. The second-order valence-corrected chi connectivity index (χ2v) is 7.35. The third-order valence-electron chi connectivity index (χ3n) is 5.64. The molecular formula is C21H25FN4O2. The number of piperazine rings is 1. The van der Waals surface area contributed by atoms with Gasteiger partial charge in [0.25, 0.3) is 5.91 Å². The van der Waals surface area contributed by atoms with E-state index in [4.69, 9.17) is 10.6 Å². The maximum atomic E-state index is 14.7. The predicted molar refractivity (Wildman–Crippen MR) is 106 cm³/mol. The van der Waals surface area contributed by atoms with Gasteiger partial charge in [0.05, 0.1) is 19.3 Å². The summed E-state index contributed by atoms with van der Waals surface area (Å²) >= 11 is 0. The minimum atomic E-state index is -0.495. The van der Waals surface area contributed by atoms with Crippen molar-refractivity contribution in [3.8, 4) is 0 Å². The molecule has 6 nitrogen and oxygen atoms in total. The number of hydrogen-bond donors (Lipinski definition) is 2. The topological polar surface area (TPSA) is 70.8 Å². The fourth-order valence-electron chi connectivity index (χ4n) is 3.97. The first-order chi connectivity index (χ1) is 13.7. The molecule has 2 saturated heterocycles. The number of carbonyl (C=O) groups excluding carboxylic acids is 1. The number of ether oxygens (including phenoxy) is 1. The summed E-state index contributed by atoms with van der Waals surface area (Å²) in [6, 6.07) is 15.4. The Morgan fingerprint density at radius 3 is 2.61 bits per heavy atom. The zero-order valence-electron chi connectivity index (χ0n) is 15.7. The molecule has 1 unspecified atom stereocenters. The molecule has 0 spiro atoms. The summed E-state index contributed by atoms with van der Waals surface area (Å²) in [4.78, 5) is 16.4. The standard InChI is InChI=1S/C21H25FN4O2/c22-20-11-16(21(27)24-23)7-6-15(20)10-18-12-25(19-13-28-14-19)8-9-26(18)17-4-2-1-3-5-17/h1-7,11,18-19H,8-10,12-14,23H2,(H,24,27). The smallest absolute Gasteiger partial charge is 0.265 e. The van der Waals surface area contributed by atoms with Crippen LogP contribution in [0.4, 0.5) is 10.1 Å². The van der Waals surface area contributed by atoms with Crippen molar-refractivity contribution in [2.75, 3.05) is 37.7 Å². The van der Waals surface area contributed by atoms with Gasteiger partial charge in [0.2, 0.25) is 0 Å². The van der Waals surface area contributed by atoms with E-state index < -0.39 is 5.91 Å². The van der Waals surface area contributed by atoms with Crippen molar-refractivity contribution in [1.29, 1.82) is 0 Å². The molecule has 2 fully saturated rings. The fourth-order valence-corrected chi connectivity index (χ4v) is 3.97. The summed E-state index contributed by atoms with van der Waals surface area (Å²) in [6.45, 7) is 4.26. The van der Waals surface area contributed by atoms with Crippen LogP contribution in [0.25, 0.3) is 0 Å². The highest BCUT2D eigenvalue weighted by Crippen LogP contribution is 2.26. The molecule has 28 heavy (non-hydrogen) atoms. The van der Waals surface area contributed by atoms with Crippen LogP contribution in [-0.4, -0.2) is 55.7 Å². The molecule has 0 saturated carbocycles. The van der Waals surface area contributed by atoms with E-state index in [1.165, 1.54) is 6.07 Å². The van der Waals surface area contributed by atoms with Gasteiger partial charge in [-0.25, -0.2) is 10.2 Å². The summed E-state index contributed by atoms with van der Waals surface area (Å²) < 4.78 is 20.0. The Morgan fingerprint density at radius 1 is 1.18 bits per heavy atom. The number of nitrogen functional groups attached to an aromatic ring is 1. The number of nitrogens with zero attached hydrogens (tertiary/aromatic N) is 2. The lowest BCUT2D eigenvalue weighted by Crippen LogP contribution is -2.61. The van der Waals surface area contributed by atoms with Crippen LogP contribution in [0.2, 0.25) is 0 Å². The second-order valence-electron chi connectivity index (χ2n) is 7.35. The lowest BCUT2D eigenvalue weighted by Gasteiger charge is -2.47. The van der Waals surface area contributed by atoms with Crippen LogP contribution in [0.5, 0.6) is 0 Å². The van der Waals surface area contributed by atoms with Crippen molar-refractivity contribution in [3.63, 3.8) is 0 Å². The molecule has 0 radical (unpaired) electrons. The Bertz CT molecular complexity index is 828. The quantitative estimate of drug-likeness (QED) is 0.465. The van der Waals surface area contributed by atoms with Crippen LogP contribution in [-0.2, 0) is 11.2 Å².